The van der Waals surface area contributed by atoms with E-state index >= 15 is 0 Å². The van der Waals surface area contributed by atoms with Crippen LogP contribution in [-0.4, -0.2) is 64.4 Å². The fraction of sp³-hybridized carbons (Fsp3) is 0.321. The van der Waals surface area contributed by atoms with Crippen LogP contribution >= 0.6 is 11.8 Å². The van der Waals surface area contributed by atoms with Gasteiger partial charge in [-0.05, 0) is 48.9 Å². The minimum absolute atomic E-state index is 0.285. The minimum Gasteiger partial charge on any atom is -0.478 e. The Morgan fingerprint density at radius 3 is 2.42 bits per heavy atom. The molecule has 0 saturated carbocycles. The largest absolute Gasteiger partial charge is 0.478 e. The molecule has 2 aliphatic rings. The Morgan fingerprint density at radius 2 is 1.66 bits per heavy atom. The molecule has 0 aliphatic carbocycles. The van der Waals surface area contributed by atoms with Crippen molar-refractivity contribution in [3.63, 3.8) is 0 Å². The van der Waals surface area contributed by atoms with Crippen molar-refractivity contribution in [2.75, 3.05) is 49.1 Å². The van der Waals surface area contributed by atoms with Crippen molar-refractivity contribution in [2.45, 2.75) is 16.2 Å². The van der Waals surface area contributed by atoms with Gasteiger partial charge in [-0.1, -0.05) is 30.0 Å². The molecular weight excluding hydrogens is 502 g/mol. The van der Waals surface area contributed by atoms with Crippen molar-refractivity contribution in [3.05, 3.63) is 81.0 Å². The fourth-order valence-electron chi connectivity index (χ4n) is 5.04. The van der Waals surface area contributed by atoms with E-state index in [0.29, 0.717) is 5.82 Å². The van der Waals surface area contributed by atoms with Gasteiger partial charge >= 0.3 is 11.7 Å². The van der Waals surface area contributed by atoms with Gasteiger partial charge in [0.1, 0.15) is 5.82 Å². The van der Waals surface area contributed by atoms with Gasteiger partial charge in [0.15, 0.2) is 0 Å². The summed E-state index contributed by atoms with van der Waals surface area (Å²) in [6.45, 7) is 4.99. The molecule has 0 atom stereocenters. The second-order valence-corrected chi connectivity index (χ2v) is 10.6. The van der Waals surface area contributed by atoms with Gasteiger partial charge in [-0.3, -0.25) is 18.8 Å². The third-order valence-electron chi connectivity index (χ3n) is 7.12. The van der Waals surface area contributed by atoms with Crippen LogP contribution in [0.4, 0.5) is 17.2 Å². The summed E-state index contributed by atoms with van der Waals surface area (Å²) in [6.07, 6.45) is 3.75. The number of carbonyl (C=O) groups is 1. The van der Waals surface area contributed by atoms with Crippen molar-refractivity contribution >= 4 is 41.0 Å². The Kier molecular flexibility index (Phi) is 7.44. The number of carboxylic acids is 1. The van der Waals surface area contributed by atoms with Crippen molar-refractivity contribution in [3.8, 4) is 0 Å². The zero-order valence-corrected chi connectivity index (χ0v) is 22.4. The number of hydrogen-bond acceptors (Lipinski definition) is 7. The first kappa shape index (κ1) is 25.9. The van der Waals surface area contributed by atoms with Crippen LogP contribution < -0.4 is 21.0 Å². The molecule has 3 heterocycles. The highest BCUT2D eigenvalue weighted by molar-refractivity contribution is 7.99. The van der Waals surface area contributed by atoms with E-state index in [1.165, 1.54) is 23.7 Å². The van der Waals surface area contributed by atoms with Crippen LogP contribution in [-0.2, 0) is 18.9 Å². The van der Waals surface area contributed by atoms with Gasteiger partial charge in [-0.25, -0.2) is 9.59 Å². The molecule has 1 saturated heterocycles. The van der Waals surface area contributed by atoms with Crippen LogP contribution in [0.1, 0.15) is 12.0 Å². The number of aromatic nitrogens is 2. The lowest BCUT2D eigenvalue weighted by molar-refractivity contribution is -0.131. The van der Waals surface area contributed by atoms with E-state index in [2.05, 4.69) is 51.1 Å². The van der Waals surface area contributed by atoms with E-state index in [9.17, 15) is 14.4 Å². The van der Waals surface area contributed by atoms with Gasteiger partial charge in [-0.15, -0.1) is 0 Å². The van der Waals surface area contributed by atoms with Crippen molar-refractivity contribution < 1.29 is 9.90 Å². The Balaban J connectivity index is 1.25. The normalized spacial score (nSPS) is 15.5. The Bertz CT molecular complexity index is 1500. The standard InChI is InChI=1S/C28H31N5O4S/c1-29-25(19-26(34)30(2)28(29)37)32-16-14-31(15-17-32)12-5-13-33-21-6-3-4-7-23(21)38-24-10-8-20(18-22(24)33)9-11-27(35)36/h3-4,6-11,18-19H,5,12-17H2,1-2H3,(H,35,36)/b11-9+. The maximum Gasteiger partial charge on any atom is 0.332 e. The number of anilines is 3. The summed E-state index contributed by atoms with van der Waals surface area (Å²) < 4.78 is 2.67. The molecule has 0 spiro atoms. The molecule has 1 fully saturated rings. The van der Waals surface area contributed by atoms with Crippen LogP contribution in [0.2, 0.25) is 0 Å². The zero-order valence-electron chi connectivity index (χ0n) is 21.5. The average Bonchev–Trinajstić information content (AvgIpc) is 2.92. The topological polar surface area (TPSA) is 91.0 Å². The fourth-order valence-corrected chi connectivity index (χ4v) is 6.11. The van der Waals surface area contributed by atoms with Crippen LogP contribution in [0.3, 0.4) is 0 Å². The summed E-state index contributed by atoms with van der Waals surface area (Å²) >= 11 is 1.74. The summed E-state index contributed by atoms with van der Waals surface area (Å²) in [5.41, 5.74) is 2.53. The predicted octanol–water partition coefficient (Wildman–Crippen LogP) is 3.00. The number of piperazine rings is 1. The van der Waals surface area contributed by atoms with Gasteiger partial charge in [0.05, 0.1) is 11.4 Å². The molecule has 2 aliphatic heterocycles. The van der Waals surface area contributed by atoms with Crippen LogP contribution in [0.25, 0.3) is 6.08 Å². The number of para-hydroxylation sites is 1. The van der Waals surface area contributed by atoms with Gasteiger partial charge in [0.25, 0.3) is 5.56 Å². The second-order valence-electron chi connectivity index (χ2n) is 9.54. The molecule has 2 aromatic carbocycles. The highest BCUT2D eigenvalue weighted by Crippen LogP contribution is 2.48. The predicted molar refractivity (Wildman–Crippen MR) is 151 cm³/mol. The highest BCUT2D eigenvalue weighted by Gasteiger charge is 2.24. The summed E-state index contributed by atoms with van der Waals surface area (Å²) in [6, 6.07) is 16.0. The van der Waals surface area contributed by atoms with Crippen LogP contribution in [0, 0.1) is 0 Å². The number of carboxylic acid groups (broad SMARTS) is 1. The Hall–Kier alpha value is -3.76. The highest BCUT2D eigenvalue weighted by atomic mass is 32.2. The lowest BCUT2D eigenvalue weighted by Crippen LogP contribution is -2.49. The summed E-state index contributed by atoms with van der Waals surface area (Å²) in [7, 11) is 3.21. The molecule has 3 aromatic rings. The molecule has 0 bridgehead atoms. The number of fused-ring (bicyclic) bond motifs is 2. The van der Waals surface area contributed by atoms with Crippen molar-refractivity contribution in [2.24, 2.45) is 14.1 Å². The van der Waals surface area contributed by atoms with Gasteiger partial charge in [-0.2, -0.15) is 0 Å². The molecule has 1 aromatic heterocycles. The summed E-state index contributed by atoms with van der Waals surface area (Å²) in [5, 5.41) is 9.03. The number of benzene rings is 2. The van der Waals surface area contributed by atoms with E-state index in [-0.39, 0.29) is 11.2 Å². The molecule has 9 nitrogen and oxygen atoms in total. The molecule has 198 valence electrons. The maximum atomic E-state index is 12.3. The monoisotopic (exact) mass is 533 g/mol. The average molecular weight is 534 g/mol. The van der Waals surface area contributed by atoms with E-state index < -0.39 is 5.97 Å². The van der Waals surface area contributed by atoms with Gasteiger partial charge in [0.2, 0.25) is 0 Å². The lowest BCUT2D eigenvalue weighted by Gasteiger charge is -2.37. The van der Waals surface area contributed by atoms with Gasteiger partial charge < -0.3 is 14.9 Å². The van der Waals surface area contributed by atoms with Crippen molar-refractivity contribution in [1.29, 1.82) is 0 Å². The third kappa shape index (κ3) is 5.27. The number of rotatable bonds is 7. The number of aliphatic carboxylic acids is 1. The van der Waals surface area contributed by atoms with Gasteiger partial charge in [0, 0.05) is 68.8 Å². The quantitative estimate of drug-likeness (QED) is 0.464. The van der Waals surface area contributed by atoms with Crippen LogP contribution in [0.5, 0.6) is 0 Å². The first-order valence-corrected chi connectivity index (χ1v) is 13.5. The zero-order chi connectivity index (χ0) is 26.8. The Labute approximate surface area is 225 Å². The number of hydrogen-bond donors (Lipinski definition) is 1. The second kappa shape index (κ2) is 10.9. The molecule has 38 heavy (non-hydrogen) atoms. The van der Waals surface area contributed by atoms with Crippen LogP contribution in [0.15, 0.2) is 74.0 Å². The molecular formula is C28H31N5O4S. The Morgan fingerprint density at radius 1 is 0.921 bits per heavy atom. The molecule has 0 amide bonds. The maximum absolute atomic E-state index is 12.3. The lowest BCUT2D eigenvalue weighted by atomic mass is 10.1. The first-order valence-electron chi connectivity index (χ1n) is 12.7. The minimum atomic E-state index is -0.962. The van der Waals surface area contributed by atoms with E-state index in [1.54, 1.807) is 35.5 Å². The smallest absolute Gasteiger partial charge is 0.332 e. The molecule has 0 unspecified atom stereocenters. The van der Waals surface area contributed by atoms with E-state index in [0.717, 1.165) is 66.4 Å². The molecule has 10 heteroatoms. The first-order chi connectivity index (χ1) is 18.3. The van der Waals surface area contributed by atoms with E-state index in [4.69, 9.17) is 5.11 Å². The SMILES string of the molecule is Cn1c(N2CCN(CCCN3c4ccccc4Sc4ccc(/C=C/C(=O)O)cc43)CC2)cc(=O)n(C)c1=O. The third-order valence-corrected chi connectivity index (χ3v) is 8.25. The summed E-state index contributed by atoms with van der Waals surface area (Å²) in [5.74, 6) is -0.291. The molecule has 1 N–H and O–H groups in total. The summed E-state index contributed by atoms with van der Waals surface area (Å²) in [4.78, 5) is 44.7. The number of nitrogens with zero attached hydrogens (tertiary/aromatic N) is 5. The molecule has 0 radical (unpaired) electrons. The van der Waals surface area contributed by atoms with E-state index in [1.807, 2.05) is 6.07 Å². The van der Waals surface area contributed by atoms with Crippen molar-refractivity contribution in [1.82, 2.24) is 14.0 Å². The molecule has 5 rings (SSSR count).